The van der Waals surface area contributed by atoms with E-state index in [2.05, 4.69) is 0 Å². The van der Waals surface area contributed by atoms with E-state index in [9.17, 15) is 9.50 Å². The Bertz CT molecular complexity index is 503. The van der Waals surface area contributed by atoms with E-state index in [0.29, 0.717) is 11.1 Å². The molecule has 0 saturated carbocycles. The Balaban J connectivity index is 2.43. The number of furan rings is 1. The summed E-state index contributed by atoms with van der Waals surface area (Å²) in [5, 5.41) is 10.4. The van der Waals surface area contributed by atoms with Crippen molar-refractivity contribution in [1.82, 2.24) is 0 Å². The van der Waals surface area contributed by atoms with E-state index in [4.69, 9.17) is 9.15 Å². The van der Waals surface area contributed by atoms with Gasteiger partial charge in [-0.2, -0.15) is 0 Å². The van der Waals surface area contributed by atoms with E-state index < -0.39 is 11.4 Å². The molecule has 0 fully saturated rings. The second-order valence-electron chi connectivity index (χ2n) is 3.93. The molecule has 0 spiro atoms. The molecule has 0 saturated heterocycles. The van der Waals surface area contributed by atoms with Gasteiger partial charge in [0.2, 0.25) is 0 Å². The molecule has 1 unspecified atom stereocenters. The van der Waals surface area contributed by atoms with Crippen molar-refractivity contribution in [3.05, 3.63) is 53.7 Å². The summed E-state index contributed by atoms with van der Waals surface area (Å²) < 4.78 is 23.3. The first kappa shape index (κ1) is 11.7. The zero-order chi connectivity index (χ0) is 12.5. The van der Waals surface area contributed by atoms with Crippen LogP contribution >= 0.6 is 0 Å². The lowest BCUT2D eigenvalue weighted by Gasteiger charge is -2.22. The fourth-order valence-electron chi connectivity index (χ4n) is 1.68. The van der Waals surface area contributed by atoms with Gasteiger partial charge in [-0.3, -0.25) is 0 Å². The van der Waals surface area contributed by atoms with Gasteiger partial charge in [-0.05, 0) is 30.7 Å². The van der Waals surface area contributed by atoms with Gasteiger partial charge in [-0.1, -0.05) is 6.07 Å². The Labute approximate surface area is 98.5 Å². The summed E-state index contributed by atoms with van der Waals surface area (Å²) >= 11 is 0. The first-order valence-corrected chi connectivity index (χ1v) is 5.15. The molecule has 3 nitrogen and oxygen atoms in total. The third kappa shape index (κ3) is 2.03. The van der Waals surface area contributed by atoms with Gasteiger partial charge in [0.05, 0.1) is 19.6 Å². The first-order valence-electron chi connectivity index (χ1n) is 5.15. The molecule has 1 heterocycles. The summed E-state index contributed by atoms with van der Waals surface area (Å²) in [6.45, 7) is 1.58. The molecule has 1 N–H and O–H groups in total. The van der Waals surface area contributed by atoms with Crippen molar-refractivity contribution in [2.24, 2.45) is 0 Å². The molecule has 17 heavy (non-hydrogen) atoms. The molecule has 0 aliphatic rings. The van der Waals surface area contributed by atoms with Gasteiger partial charge in [0, 0.05) is 5.56 Å². The molecule has 0 aliphatic heterocycles. The fourth-order valence-corrected chi connectivity index (χ4v) is 1.68. The van der Waals surface area contributed by atoms with Crippen molar-refractivity contribution >= 4 is 0 Å². The van der Waals surface area contributed by atoms with Gasteiger partial charge < -0.3 is 14.3 Å². The van der Waals surface area contributed by atoms with E-state index in [1.807, 2.05) is 0 Å². The van der Waals surface area contributed by atoms with Gasteiger partial charge in [0.25, 0.3) is 0 Å². The molecule has 4 heteroatoms. The highest BCUT2D eigenvalue weighted by Crippen LogP contribution is 2.31. The molecule has 90 valence electrons. The minimum atomic E-state index is -1.29. The van der Waals surface area contributed by atoms with Crippen LogP contribution in [-0.2, 0) is 5.60 Å². The van der Waals surface area contributed by atoms with E-state index in [-0.39, 0.29) is 5.75 Å². The van der Waals surface area contributed by atoms with E-state index in [1.54, 1.807) is 19.1 Å². The van der Waals surface area contributed by atoms with Crippen LogP contribution in [0.3, 0.4) is 0 Å². The maximum absolute atomic E-state index is 13.6. The number of halogens is 1. The Hall–Kier alpha value is -1.81. The molecular formula is C13H13FO3. The quantitative estimate of drug-likeness (QED) is 0.890. The largest absolute Gasteiger partial charge is 0.494 e. The van der Waals surface area contributed by atoms with Crippen LogP contribution in [0, 0.1) is 5.82 Å². The average molecular weight is 236 g/mol. The highest BCUT2D eigenvalue weighted by molar-refractivity contribution is 5.37. The second-order valence-corrected chi connectivity index (χ2v) is 3.93. The molecule has 2 aromatic rings. The third-order valence-corrected chi connectivity index (χ3v) is 2.80. The molecule has 0 radical (unpaired) electrons. The minimum absolute atomic E-state index is 0.150. The number of hydrogen-bond acceptors (Lipinski definition) is 3. The lowest BCUT2D eigenvalue weighted by molar-refractivity contribution is 0.101. The number of ether oxygens (including phenoxy) is 1. The van der Waals surface area contributed by atoms with Crippen molar-refractivity contribution < 1.29 is 18.7 Å². The van der Waals surface area contributed by atoms with E-state index in [1.165, 1.54) is 31.8 Å². The maximum Gasteiger partial charge on any atom is 0.165 e. The lowest BCUT2D eigenvalue weighted by Crippen LogP contribution is -2.22. The van der Waals surface area contributed by atoms with Crippen molar-refractivity contribution in [2.45, 2.75) is 12.5 Å². The molecule has 1 atom stereocenters. The molecule has 1 aromatic carbocycles. The summed E-state index contributed by atoms with van der Waals surface area (Å²) in [5.74, 6) is -0.356. The Kier molecular flexibility index (Phi) is 2.90. The van der Waals surface area contributed by atoms with Crippen LogP contribution in [0.2, 0.25) is 0 Å². The monoisotopic (exact) mass is 236 g/mol. The normalized spacial score (nSPS) is 14.4. The lowest BCUT2D eigenvalue weighted by atomic mass is 9.90. The van der Waals surface area contributed by atoms with Crippen LogP contribution in [0.15, 0.2) is 41.2 Å². The van der Waals surface area contributed by atoms with Crippen LogP contribution in [0.5, 0.6) is 5.75 Å². The minimum Gasteiger partial charge on any atom is -0.494 e. The van der Waals surface area contributed by atoms with Gasteiger partial charge in [0.15, 0.2) is 11.6 Å². The van der Waals surface area contributed by atoms with E-state index in [0.717, 1.165) is 0 Å². The summed E-state index contributed by atoms with van der Waals surface area (Å²) in [6.07, 6.45) is 2.89. The second kappa shape index (κ2) is 4.22. The molecule has 0 bridgehead atoms. The van der Waals surface area contributed by atoms with Crippen molar-refractivity contribution in [2.75, 3.05) is 7.11 Å². The zero-order valence-electron chi connectivity index (χ0n) is 9.61. The number of rotatable bonds is 3. The van der Waals surface area contributed by atoms with Crippen LogP contribution in [0.4, 0.5) is 4.39 Å². The summed E-state index contributed by atoms with van der Waals surface area (Å²) in [7, 11) is 1.40. The van der Waals surface area contributed by atoms with Crippen LogP contribution < -0.4 is 4.74 Å². The Morgan fingerprint density at radius 2 is 2.06 bits per heavy atom. The molecule has 2 rings (SSSR count). The topological polar surface area (TPSA) is 42.6 Å². The molecular weight excluding hydrogens is 223 g/mol. The molecule has 0 amide bonds. The standard InChI is InChI=1S/C13H13FO3/c1-13(15,10-5-6-17-8-10)9-3-4-12(16-2)11(14)7-9/h3-8,15H,1-2H3. The van der Waals surface area contributed by atoms with Crippen LogP contribution in [-0.4, -0.2) is 12.2 Å². The van der Waals surface area contributed by atoms with Gasteiger partial charge in [-0.15, -0.1) is 0 Å². The number of benzene rings is 1. The summed E-state index contributed by atoms with van der Waals surface area (Å²) in [5.41, 5.74) is -0.278. The fraction of sp³-hybridized carbons (Fsp3) is 0.231. The van der Waals surface area contributed by atoms with Crippen molar-refractivity contribution in [1.29, 1.82) is 0 Å². The maximum atomic E-state index is 13.6. The first-order chi connectivity index (χ1) is 8.05. The van der Waals surface area contributed by atoms with Crippen LogP contribution in [0.1, 0.15) is 18.1 Å². The molecule has 0 aliphatic carbocycles. The van der Waals surface area contributed by atoms with Crippen LogP contribution in [0.25, 0.3) is 0 Å². The molecule has 1 aromatic heterocycles. The zero-order valence-corrected chi connectivity index (χ0v) is 9.61. The average Bonchev–Trinajstić information content (AvgIpc) is 2.83. The Morgan fingerprint density at radius 3 is 2.59 bits per heavy atom. The highest BCUT2D eigenvalue weighted by atomic mass is 19.1. The predicted molar refractivity (Wildman–Crippen MR) is 60.3 cm³/mol. The Morgan fingerprint density at radius 1 is 1.29 bits per heavy atom. The number of aliphatic hydroxyl groups is 1. The summed E-state index contributed by atoms with van der Waals surface area (Å²) in [6, 6.07) is 6.00. The third-order valence-electron chi connectivity index (χ3n) is 2.80. The smallest absolute Gasteiger partial charge is 0.165 e. The predicted octanol–water partition coefficient (Wildman–Crippen LogP) is 2.68. The SMILES string of the molecule is COc1ccc(C(C)(O)c2ccoc2)cc1F. The highest BCUT2D eigenvalue weighted by Gasteiger charge is 2.27. The van der Waals surface area contributed by atoms with E-state index >= 15 is 0 Å². The van der Waals surface area contributed by atoms with Gasteiger partial charge in [0.1, 0.15) is 5.60 Å². The van der Waals surface area contributed by atoms with Gasteiger partial charge in [-0.25, -0.2) is 4.39 Å². The number of hydrogen-bond donors (Lipinski definition) is 1. The summed E-state index contributed by atoms with van der Waals surface area (Å²) in [4.78, 5) is 0. The van der Waals surface area contributed by atoms with Gasteiger partial charge >= 0.3 is 0 Å². The number of methoxy groups -OCH3 is 1. The van der Waals surface area contributed by atoms with Crippen molar-refractivity contribution in [3.63, 3.8) is 0 Å². The van der Waals surface area contributed by atoms with Crippen molar-refractivity contribution in [3.8, 4) is 5.75 Å².